The first-order valence-corrected chi connectivity index (χ1v) is 7.90. The summed E-state index contributed by atoms with van der Waals surface area (Å²) in [7, 11) is 0. The number of anilines is 1. The zero-order chi connectivity index (χ0) is 17.6. The average molecular weight is 331 g/mol. The van der Waals surface area contributed by atoms with E-state index < -0.39 is 12.0 Å². The molecule has 3 rings (SSSR count). The fourth-order valence-corrected chi connectivity index (χ4v) is 2.73. The Morgan fingerprint density at radius 1 is 0.720 bits per heavy atom. The Bertz CT molecular complexity index is 848. The number of amides is 1. The Hall–Kier alpha value is -3.40. The van der Waals surface area contributed by atoms with Crippen molar-refractivity contribution in [2.24, 2.45) is 0 Å². The van der Waals surface area contributed by atoms with Crippen molar-refractivity contribution in [3.8, 4) is 0 Å². The molecule has 1 amide bonds. The van der Waals surface area contributed by atoms with Crippen LogP contribution in [0.4, 0.5) is 5.69 Å². The van der Waals surface area contributed by atoms with Gasteiger partial charge in [0.15, 0.2) is 6.04 Å². The molecule has 0 bridgehead atoms. The maximum absolute atomic E-state index is 13.1. The van der Waals surface area contributed by atoms with Gasteiger partial charge >= 0.3 is 5.97 Å². The summed E-state index contributed by atoms with van der Waals surface area (Å²) in [6, 6.07) is 25.2. The Morgan fingerprint density at radius 3 is 1.72 bits per heavy atom. The zero-order valence-electron chi connectivity index (χ0n) is 13.4. The molecule has 124 valence electrons. The SMILES string of the molecule is O=C(O)C(c1ccccc1)N(C(=O)c1ccccc1)c1ccccc1. The number of rotatable bonds is 5. The van der Waals surface area contributed by atoms with Gasteiger partial charge in [0.05, 0.1) is 0 Å². The molecule has 1 atom stereocenters. The number of para-hydroxylation sites is 1. The Morgan fingerprint density at radius 2 is 1.20 bits per heavy atom. The molecule has 4 nitrogen and oxygen atoms in total. The molecule has 0 spiro atoms. The van der Waals surface area contributed by atoms with Gasteiger partial charge in [-0.15, -0.1) is 0 Å². The summed E-state index contributed by atoms with van der Waals surface area (Å²) in [5.41, 5.74) is 1.52. The molecule has 25 heavy (non-hydrogen) atoms. The molecule has 0 saturated carbocycles. The molecule has 3 aromatic carbocycles. The third-order valence-electron chi connectivity index (χ3n) is 3.88. The van der Waals surface area contributed by atoms with E-state index in [1.807, 2.05) is 18.2 Å². The highest BCUT2D eigenvalue weighted by atomic mass is 16.4. The van der Waals surface area contributed by atoms with Crippen molar-refractivity contribution in [3.63, 3.8) is 0 Å². The number of benzene rings is 3. The van der Waals surface area contributed by atoms with Crippen molar-refractivity contribution in [3.05, 3.63) is 102 Å². The maximum atomic E-state index is 13.1. The van der Waals surface area contributed by atoms with Crippen LogP contribution in [0.15, 0.2) is 91.0 Å². The van der Waals surface area contributed by atoms with Crippen LogP contribution >= 0.6 is 0 Å². The highest BCUT2D eigenvalue weighted by Gasteiger charge is 2.32. The Balaban J connectivity index is 2.13. The molecule has 0 aliphatic heterocycles. The molecular formula is C21H17NO3. The highest BCUT2D eigenvalue weighted by molar-refractivity contribution is 6.09. The normalized spacial score (nSPS) is 11.5. The second-order valence-electron chi connectivity index (χ2n) is 5.53. The smallest absolute Gasteiger partial charge is 0.331 e. The van der Waals surface area contributed by atoms with E-state index in [1.54, 1.807) is 72.8 Å². The van der Waals surface area contributed by atoms with Gasteiger partial charge in [-0.2, -0.15) is 0 Å². The number of hydrogen-bond donors (Lipinski definition) is 1. The lowest BCUT2D eigenvalue weighted by Gasteiger charge is -2.29. The molecule has 0 radical (unpaired) electrons. The molecular weight excluding hydrogens is 314 g/mol. The number of carbonyl (C=O) groups is 2. The number of hydrogen-bond acceptors (Lipinski definition) is 2. The first-order valence-electron chi connectivity index (χ1n) is 7.90. The minimum atomic E-state index is -1.11. The maximum Gasteiger partial charge on any atom is 0.331 e. The van der Waals surface area contributed by atoms with E-state index in [1.165, 1.54) is 4.90 Å². The quantitative estimate of drug-likeness (QED) is 0.764. The van der Waals surface area contributed by atoms with Crippen LogP contribution in [0.5, 0.6) is 0 Å². The van der Waals surface area contributed by atoms with Crippen LogP contribution in [0.2, 0.25) is 0 Å². The van der Waals surface area contributed by atoms with Crippen LogP contribution in [0.1, 0.15) is 22.0 Å². The average Bonchev–Trinajstić information content (AvgIpc) is 2.67. The Kier molecular flexibility index (Phi) is 4.90. The first-order chi connectivity index (χ1) is 12.2. The summed E-state index contributed by atoms with van der Waals surface area (Å²) in [4.78, 5) is 26.5. The number of carbonyl (C=O) groups excluding carboxylic acids is 1. The fourth-order valence-electron chi connectivity index (χ4n) is 2.73. The van der Waals surface area contributed by atoms with Gasteiger partial charge in [0, 0.05) is 11.3 Å². The summed E-state index contributed by atoms with van der Waals surface area (Å²) in [6.45, 7) is 0. The van der Waals surface area contributed by atoms with E-state index >= 15 is 0 Å². The van der Waals surface area contributed by atoms with E-state index in [2.05, 4.69) is 0 Å². The van der Waals surface area contributed by atoms with Crippen molar-refractivity contribution in [1.82, 2.24) is 0 Å². The van der Waals surface area contributed by atoms with Gasteiger partial charge < -0.3 is 5.11 Å². The van der Waals surface area contributed by atoms with Gasteiger partial charge in [-0.1, -0.05) is 66.7 Å². The summed E-state index contributed by atoms with van der Waals surface area (Å²) in [6.07, 6.45) is 0. The lowest BCUT2D eigenvalue weighted by Crippen LogP contribution is -2.39. The molecule has 0 saturated heterocycles. The fraction of sp³-hybridized carbons (Fsp3) is 0.0476. The van der Waals surface area contributed by atoms with Crippen LogP contribution in [-0.2, 0) is 4.79 Å². The third kappa shape index (κ3) is 3.58. The lowest BCUT2D eigenvalue weighted by molar-refractivity contribution is -0.138. The molecule has 0 aliphatic rings. The third-order valence-corrected chi connectivity index (χ3v) is 3.88. The van der Waals surface area contributed by atoms with E-state index in [-0.39, 0.29) is 5.91 Å². The molecule has 1 unspecified atom stereocenters. The van der Waals surface area contributed by atoms with Gasteiger partial charge in [-0.25, -0.2) is 4.79 Å². The van der Waals surface area contributed by atoms with Crippen LogP contribution in [0, 0.1) is 0 Å². The van der Waals surface area contributed by atoms with E-state index in [4.69, 9.17) is 0 Å². The van der Waals surface area contributed by atoms with Crippen molar-refractivity contribution in [1.29, 1.82) is 0 Å². The molecule has 0 heterocycles. The largest absolute Gasteiger partial charge is 0.479 e. The van der Waals surface area contributed by atoms with Gasteiger partial charge in [-0.3, -0.25) is 9.69 Å². The minimum Gasteiger partial charge on any atom is -0.479 e. The molecule has 4 heteroatoms. The van der Waals surface area contributed by atoms with Crippen LogP contribution < -0.4 is 4.90 Å². The van der Waals surface area contributed by atoms with Gasteiger partial charge in [0.1, 0.15) is 0 Å². The second-order valence-corrected chi connectivity index (χ2v) is 5.53. The molecule has 0 aliphatic carbocycles. The van der Waals surface area contributed by atoms with Crippen LogP contribution in [0.3, 0.4) is 0 Å². The summed E-state index contributed by atoms with van der Waals surface area (Å²) >= 11 is 0. The van der Waals surface area contributed by atoms with Crippen molar-refractivity contribution < 1.29 is 14.7 Å². The van der Waals surface area contributed by atoms with E-state index in [9.17, 15) is 14.7 Å². The highest BCUT2D eigenvalue weighted by Crippen LogP contribution is 2.29. The molecule has 3 aromatic rings. The van der Waals surface area contributed by atoms with Gasteiger partial charge in [-0.05, 0) is 29.8 Å². The molecule has 1 N–H and O–H groups in total. The lowest BCUT2D eigenvalue weighted by atomic mass is 10.0. The minimum absolute atomic E-state index is 0.358. The first kappa shape index (κ1) is 16.5. The van der Waals surface area contributed by atoms with Gasteiger partial charge in [0.2, 0.25) is 0 Å². The standard InChI is InChI=1S/C21H17NO3/c23-20(17-12-6-2-7-13-17)22(18-14-8-3-9-15-18)19(21(24)25)16-10-4-1-5-11-16/h1-15,19H,(H,24,25). The van der Waals surface area contributed by atoms with E-state index in [0.717, 1.165) is 0 Å². The molecule has 0 fully saturated rings. The number of nitrogens with zero attached hydrogens (tertiary/aromatic N) is 1. The van der Waals surface area contributed by atoms with Crippen LogP contribution in [-0.4, -0.2) is 17.0 Å². The second kappa shape index (κ2) is 7.45. The van der Waals surface area contributed by atoms with Gasteiger partial charge in [0.25, 0.3) is 5.91 Å². The predicted molar refractivity (Wildman–Crippen MR) is 96.5 cm³/mol. The number of carboxylic acid groups (broad SMARTS) is 1. The summed E-state index contributed by atoms with van der Waals surface area (Å²) < 4.78 is 0. The van der Waals surface area contributed by atoms with Crippen molar-refractivity contribution in [2.75, 3.05) is 4.90 Å². The summed E-state index contributed by atoms with van der Waals surface area (Å²) in [5.74, 6) is -1.44. The van der Waals surface area contributed by atoms with Crippen LogP contribution in [0.25, 0.3) is 0 Å². The zero-order valence-corrected chi connectivity index (χ0v) is 13.4. The number of carboxylic acids is 1. The van der Waals surface area contributed by atoms with E-state index in [0.29, 0.717) is 16.8 Å². The Labute approximate surface area is 146 Å². The predicted octanol–water partition coefficient (Wildman–Crippen LogP) is 4.16. The number of aliphatic carboxylic acids is 1. The topological polar surface area (TPSA) is 57.6 Å². The summed E-state index contributed by atoms with van der Waals surface area (Å²) in [5, 5.41) is 9.86. The van der Waals surface area contributed by atoms with Crippen molar-refractivity contribution >= 4 is 17.6 Å². The molecule has 0 aromatic heterocycles. The van der Waals surface area contributed by atoms with Crippen molar-refractivity contribution in [2.45, 2.75) is 6.04 Å². The monoisotopic (exact) mass is 331 g/mol.